The van der Waals surface area contributed by atoms with E-state index in [-0.39, 0.29) is 16.0 Å². The molecule has 3 rings (SSSR count). The zero-order valence-corrected chi connectivity index (χ0v) is 15.5. The number of pyridine rings is 1. The Hall–Kier alpha value is -2.32. The SMILES string of the molecule is CC(C)OC(=O)c1nc2ccc(-c3ccc(S(C)(=O)=O)cc3)nc2s1. The molecule has 0 bridgehead atoms. The molecule has 1 aromatic carbocycles. The summed E-state index contributed by atoms with van der Waals surface area (Å²) in [6.45, 7) is 3.56. The number of aromatic nitrogens is 2. The molecule has 0 radical (unpaired) electrons. The number of benzene rings is 1. The summed E-state index contributed by atoms with van der Waals surface area (Å²) in [4.78, 5) is 21.6. The van der Waals surface area contributed by atoms with E-state index in [9.17, 15) is 13.2 Å². The van der Waals surface area contributed by atoms with Crippen LogP contribution in [0, 0.1) is 0 Å². The van der Waals surface area contributed by atoms with Gasteiger partial charge in [0.15, 0.2) is 9.84 Å². The van der Waals surface area contributed by atoms with E-state index < -0.39 is 15.8 Å². The van der Waals surface area contributed by atoms with Crippen LogP contribution in [0.4, 0.5) is 0 Å². The normalized spacial score (nSPS) is 11.8. The van der Waals surface area contributed by atoms with Gasteiger partial charge in [0, 0.05) is 11.8 Å². The Morgan fingerprint density at radius 3 is 2.36 bits per heavy atom. The first-order chi connectivity index (χ1) is 11.7. The van der Waals surface area contributed by atoms with Crippen LogP contribution in [-0.2, 0) is 14.6 Å². The first-order valence-corrected chi connectivity index (χ1v) is 10.2. The van der Waals surface area contributed by atoms with Crippen molar-refractivity contribution in [3.05, 3.63) is 41.4 Å². The predicted octanol–water partition coefficient (Wildman–Crippen LogP) is 3.33. The van der Waals surface area contributed by atoms with Crippen LogP contribution in [0.15, 0.2) is 41.3 Å². The minimum atomic E-state index is -3.23. The molecule has 0 amide bonds. The van der Waals surface area contributed by atoms with Crippen molar-refractivity contribution in [3.8, 4) is 11.3 Å². The molecule has 8 heteroatoms. The summed E-state index contributed by atoms with van der Waals surface area (Å²) >= 11 is 1.17. The van der Waals surface area contributed by atoms with E-state index in [1.165, 1.54) is 17.6 Å². The largest absolute Gasteiger partial charge is 0.458 e. The molecule has 0 saturated heterocycles. The molecular formula is C17H16N2O4S2. The van der Waals surface area contributed by atoms with Crippen LogP contribution in [0.25, 0.3) is 21.6 Å². The van der Waals surface area contributed by atoms with Crippen LogP contribution in [0.1, 0.15) is 23.6 Å². The van der Waals surface area contributed by atoms with Crippen molar-refractivity contribution < 1.29 is 17.9 Å². The number of sulfone groups is 1. The van der Waals surface area contributed by atoms with E-state index in [2.05, 4.69) is 9.97 Å². The highest BCUT2D eigenvalue weighted by molar-refractivity contribution is 7.90. The number of thiazole rings is 1. The molecule has 0 aliphatic carbocycles. The number of hydrogen-bond acceptors (Lipinski definition) is 7. The zero-order valence-electron chi connectivity index (χ0n) is 13.9. The minimum absolute atomic E-state index is 0.212. The number of ether oxygens (including phenoxy) is 1. The second kappa shape index (κ2) is 6.53. The summed E-state index contributed by atoms with van der Waals surface area (Å²) in [5, 5.41) is 0.265. The number of rotatable bonds is 4. The summed E-state index contributed by atoms with van der Waals surface area (Å²) in [5.41, 5.74) is 2.09. The third-order valence-electron chi connectivity index (χ3n) is 3.35. The van der Waals surface area contributed by atoms with Crippen molar-refractivity contribution in [2.24, 2.45) is 0 Å². The zero-order chi connectivity index (χ0) is 18.2. The lowest BCUT2D eigenvalue weighted by Crippen LogP contribution is -2.11. The molecule has 0 aliphatic rings. The van der Waals surface area contributed by atoms with Crippen molar-refractivity contribution in [2.45, 2.75) is 24.8 Å². The van der Waals surface area contributed by atoms with Crippen LogP contribution in [0.3, 0.4) is 0 Å². The quantitative estimate of drug-likeness (QED) is 0.649. The van der Waals surface area contributed by atoms with Gasteiger partial charge in [-0.05, 0) is 38.1 Å². The molecule has 0 unspecified atom stereocenters. The molecule has 0 N–H and O–H groups in total. The molecule has 0 atom stereocenters. The number of carbonyl (C=O) groups excluding carboxylic acids is 1. The predicted molar refractivity (Wildman–Crippen MR) is 96.5 cm³/mol. The Labute approximate surface area is 149 Å². The molecule has 0 saturated carbocycles. The number of carbonyl (C=O) groups is 1. The lowest BCUT2D eigenvalue weighted by molar-refractivity contribution is 0.0378. The van der Waals surface area contributed by atoms with Crippen LogP contribution < -0.4 is 0 Å². The average Bonchev–Trinajstić information content (AvgIpc) is 2.97. The lowest BCUT2D eigenvalue weighted by Gasteiger charge is -2.04. The molecule has 3 aromatic rings. The van der Waals surface area contributed by atoms with Gasteiger partial charge in [-0.1, -0.05) is 23.5 Å². The van der Waals surface area contributed by atoms with Crippen LogP contribution in [-0.4, -0.2) is 36.7 Å². The molecule has 0 aliphatic heterocycles. The fourth-order valence-electron chi connectivity index (χ4n) is 2.20. The topological polar surface area (TPSA) is 86.2 Å². The molecule has 6 nitrogen and oxygen atoms in total. The molecule has 0 spiro atoms. The third-order valence-corrected chi connectivity index (χ3v) is 5.42. The average molecular weight is 376 g/mol. The Kier molecular flexibility index (Phi) is 4.57. The Morgan fingerprint density at radius 2 is 1.76 bits per heavy atom. The van der Waals surface area contributed by atoms with Crippen molar-refractivity contribution in [1.29, 1.82) is 0 Å². The van der Waals surface area contributed by atoms with Gasteiger partial charge in [0.1, 0.15) is 10.3 Å². The van der Waals surface area contributed by atoms with E-state index >= 15 is 0 Å². The molecule has 0 fully saturated rings. The first kappa shape index (κ1) is 17.5. The molecule has 25 heavy (non-hydrogen) atoms. The van der Waals surface area contributed by atoms with E-state index in [1.807, 2.05) is 0 Å². The van der Waals surface area contributed by atoms with Gasteiger partial charge in [0.05, 0.1) is 16.7 Å². The summed E-state index contributed by atoms with van der Waals surface area (Å²) in [6, 6.07) is 10.1. The molecule has 130 valence electrons. The van der Waals surface area contributed by atoms with E-state index in [0.29, 0.717) is 16.0 Å². The van der Waals surface area contributed by atoms with Crippen molar-refractivity contribution in [3.63, 3.8) is 0 Å². The number of nitrogens with zero attached hydrogens (tertiary/aromatic N) is 2. The monoisotopic (exact) mass is 376 g/mol. The molecular weight excluding hydrogens is 360 g/mol. The van der Waals surface area contributed by atoms with Crippen molar-refractivity contribution in [1.82, 2.24) is 9.97 Å². The second-order valence-corrected chi connectivity index (χ2v) is 8.78. The van der Waals surface area contributed by atoms with E-state index in [1.54, 1.807) is 50.2 Å². The summed E-state index contributed by atoms with van der Waals surface area (Å²) in [6.07, 6.45) is 0.956. The minimum Gasteiger partial charge on any atom is -0.458 e. The Bertz CT molecular complexity index is 1040. The summed E-state index contributed by atoms with van der Waals surface area (Å²) < 4.78 is 28.2. The fraction of sp³-hybridized carbons (Fsp3) is 0.235. The fourth-order valence-corrected chi connectivity index (χ4v) is 3.65. The maximum atomic E-state index is 12.0. The van der Waals surface area contributed by atoms with Crippen LogP contribution >= 0.6 is 11.3 Å². The number of hydrogen-bond donors (Lipinski definition) is 0. The van der Waals surface area contributed by atoms with Crippen molar-refractivity contribution >= 4 is 37.5 Å². The van der Waals surface area contributed by atoms with Gasteiger partial charge in [0.2, 0.25) is 5.01 Å². The lowest BCUT2D eigenvalue weighted by atomic mass is 10.1. The van der Waals surface area contributed by atoms with E-state index in [0.717, 1.165) is 5.56 Å². The van der Waals surface area contributed by atoms with Crippen LogP contribution in [0.5, 0.6) is 0 Å². The van der Waals surface area contributed by atoms with Gasteiger partial charge < -0.3 is 4.74 Å². The Morgan fingerprint density at radius 1 is 1.08 bits per heavy atom. The van der Waals surface area contributed by atoms with Gasteiger partial charge in [-0.25, -0.2) is 23.2 Å². The smallest absolute Gasteiger partial charge is 0.367 e. The molecule has 2 aromatic heterocycles. The first-order valence-electron chi connectivity index (χ1n) is 7.53. The van der Waals surface area contributed by atoms with Crippen LogP contribution in [0.2, 0.25) is 0 Å². The van der Waals surface area contributed by atoms with Gasteiger partial charge in [-0.2, -0.15) is 0 Å². The highest BCUT2D eigenvalue weighted by atomic mass is 32.2. The van der Waals surface area contributed by atoms with Gasteiger partial charge in [-0.3, -0.25) is 0 Å². The maximum Gasteiger partial charge on any atom is 0.367 e. The summed E-state index contributed by atoms with van der Waals surface area (Å²) in [7, 11) is -3.23. The van der Waals surface area contributed by atoms with Gasteiger partial charge >= 0.3 is 5.97 Å². The second-order valence-electron chi connectivity index (χ2n) is 5.79. The summed E-state index contributed by atoms with van der Waals surface area (Å²) in [5.74, 6) is -0.461. The van der Waals surface area contributed by atoms with Gasteiger partial charge in [-0.15, -0.1) is 0 Å². The Balaban J connectivity index is 1.94. The standard InChI is InChI=1S/C17H16N2O4S2/c1-10(2)23-17(20)16-19-14-9-8-13(18-15(14)24-16)11-4-6-12(7-5-11)25(3,21)22/h4-10H,1-3H3. The maximum absolute atomic E-state index is 12.0. The number of fused-ring (bicyclic) bond motifs is 1. The van der Waals surface area contributed by atoms with E-state index in [4.69, 9.17) is 4.74 Å². The number of esters is 1. The van der Waals surface area contributed by atoms with Gasteiger partial charge in [0.25, 0.3) is 0 Å². The highest BCUT2D eigenvalue weighted by Gasteiger charge is 2.16. The molecule has 2 heterocycles. The van der Waals surface area contributed by atoms with Crippen molar-refractivity contribution in [2.75, 3.05) is 6.26 Å². The highest BCUT2D eigenvalue weighted by Crippen LogP contribution is 2.26. The third kappa shape index (κ3) is 3.85.